The van der Waals surface area contributed by atoms with E-state index in [9.17, 15) is 17.6 Å². The topological polar surface area (TPSA) is 12.0 Å². The Morgan fingerprint density at radius 3 is 2.28 bits per heavy atom. The van der Waals surface area contributed by atoms with Crippen LogP contribution < -0.4 is 5.32 Å². The summed E-state index contributed by atoms with van der Waals surface area (Å²) in [5, 5.41) is 3.00. The first-order valence-electron chi connectivity index (χ1n) is 5.89. The van der Waals surface area contributed by atoms with Gasteiger partial charge in [-0.15, -0.1) is 0 Å². The Labute approximate surface area is 104 Å². The molecule has 0 saturated heterocycles. The summed E-state index contributed by atoms with van der Waals surface area (Å²) >= 11 is 0. The van der Waals surface area contributed by atoms with E-state index >= 15 is 0 Å². The molecule has 102 valence electrons. The minimum absolute atomic E-state index is 0.0662. The molecule has 1 unspecified atom stereocenters. The van der Waals surface area contributed by atoms with Gasteiger partial charge in [0.05, 0.1) is 5.56 Å². The maximum Gasteiger partial charge on any atom is 0.419 e. The molecule has 0 aromatic heterocycles. The number of hydrogen-bond donors (Lipinski definition) is 1. The fourth-order valence-electron chi connectivity index (χ4n) is 1.79. The van der Waals surface area contributed by atoms with Crippen molar-refractivity contribution in [3.05, 3.63) is 29.6 Å². The van der Waals surface area contributed by atoms with Gasteiger partial charge in [0.1, 0.15) is 5.82 Å². The number of benzene rings is 1. The lowest BCUT2D eigenvalue weighted by molar-refractivity contribution is -0.139. The van der Waals surface area contributed by atoms with Crippen molar-refractivity contribution in [2.24, 2.45) is 5.92 Å². The summed E-state index contributed by atoms with van der Waals surface area (Å²) in [6.07, 6.45) is -3.88. The van der Waals surface area contributed by atoms with E-state index in [0.29, 0.717) is 5.69 Å². The molecular formula is C13H17F4N. The average molecular weight is 263 g/mol. The van der Waals surface area contributed by atoms with Crippen LogP contribution in [-0.2, 0) is 6.18 Å². The first-order valence-corrected chi connectivity index (χ1v) is 5.89. The molecule has 1 aromatic carbocycles. The maximum absolute atomic E-state index is 13.1. The molecule has 1 aromatic rings. The minimum atomic E-state index is -4.67. The van der Waals surface area contributed by atoms with E-state index in [2.05, 4.69) is 5.32 Å². The SMILES string of the molecule is CCC(Nc1ccc(F)c(C(F)(F)F)c1)C(C)C. The van der Waals surface area contributed by atoms with E-state index in [1.54, 1.807) is 0 Å². The van der Waals surface area contributed by atoms with Gasteiger partial charge in [-0.05, 0) is 30.5 Å². The third-order valence-corrected chi connectivity index (χ3v) is 2.87. The Hall–Kier alpha value is -1.26. The van der Waals surface area contributed by atoms with Crippen LogP contribution in [0.4, 0.5) is 23.2 Å². The van der Waals surface area contributed by atoms with Crippen LogP contribution in [0, 0.1) is 11.7 Å². The predicted molar refractivity (Wildman–Crippen MR) is 63.9 cm³/mol. The largest absolute Gasteiger partial charge is 0.419 e. The van der Waals surface area contributed by atoms with E-state index in [-0.39, 0.29) is 12.0 Å². The van der Waals surface area contributed by atoms with Gasteiger partial charge in [0.2, 0.25) is 0 Å². The molecular weight excluding hydrogens is 246 g/mol. The molecule has 1 atom stereocenters. The summed E-state index contributed by atoms with van der Waals surface area (Å²) < 4.78 is 50.7. The first-order chi connectivity index (χ1) is 8.25. The Balaban J connectivity index is 2.99. The predicted octanol–water partition coefficient (Wildman–Crippen LogP) is 4.69. The van der Waals surface area contributed by atoms with Crippen LogP contribution >= 0.6 is 0 Å². The molecule has 0 aliphatic rings. The van der Waals surface area contributed by atoms with Crippen molar-refractivity contribution >= 4 is 5.69 Å². The van der Waals surface area contributed by atoms with Crippen LogP contribution in [0.25, 0.3) is 0 Å². The highest BCUT2D eigenvalue weighted by molar-refractivity contribution is 5.47. The molecule has 0 fully saturated rings. The third-order valence-electron chi connectivity index (χ3n) is 2.87. The second kappa shape index (κ2) is 5.59. The Kier molecular flexibility index (Phi) is 4.59. The van der Waals surface area contributed by atoms with Crippen molar-refractivity contribution < 1.29 is 17.6 Å². The molecule has 1 rings (SSSR count). The van der Waals surface area contributed by atoms with E-state index in [1.807, 2.05) is 20.8 Å². The lowest BCUT2D eigenvalue weighted by atomic mass is 10.0. The highest BCUT2D eigenvalue weighted by atomic mass is 19.4. The third kappa shape index (κ3) is 3.62. The van der Waals surface area contributed by atoms with Gasteiger partial charge in [-0.1, -0.05) is 20.8 Å². The maximum atomic E-state index is 13.1. The van der Waals surface area contributed by atoms with E-state index in [4.69, 9.17) is 0 Å². The first kappa shape index (κ1) is 14.8. The Bertz CT molecular complexity index is 398. The summed E-state index contributed by atoms with van der Waals surface area (Å²) in [6, 6.07) is 3.06. The molecule has 1 nitrogen and oxygen atoms in total. The number of halogens is 4. The number of hydrogen-bond acceptors (Lipinski definition) is 1. The van der Waals surface area contributed by atoms with Crippen molar-refractivity contribution in [3.8, 4) is 0 Å². The van der Waals surface area contributed by atoms with Gasteiger partial charge in [0, 0.05) is 11.7 Å². The van der Waals surface area contributed by atoms with Crippen LogP contribution in [0.5, 0.6) is 0 Å². The summed E-state index contributed by atoms with van der Waals surface area (Å²) in [5.74, 6) is -0.958. The fourth-order valence-corrected chi connectivity index (χ4v) is 1.79. The van der Waals surface area contributed by atoms with Crippen molar-refractivity contribution in [1.82, 2.24) is 0 Å². The minimum Gasteiger partial charge on any atom is -0.382 e. The normalized spacial score (nSPS) is 13.8. The number of nitrogens with one attached hydrogen (secondary N) is 1. The zero-order valence-electron chi connectivity index (χ0n) is 10.6. The van der Waals surface area contributed by atoms with Gasteiger partial charge in [-0.25, -0.2) is 4.39 Å². The van der Waals surface area contributed by atoms with E-state index in [1.165, 1.54) is 6.07 Å². The summed E-state index contributed by atoms with van der Waals surface area (Å²) in [6.45, 7) is 5.91. The summed E-state index contributed by atoms with van der Waals surface area (Å²) in [5.41, 5.74) is -0.935. The summed E-state index contributed by atoms with van der Waals surface area (Å²) in [7, 11) is 0. The quantitative estimate of drug-likeness (QED) is 0.777. The average Bonchev–Trinajstić information content (AvgIpc) is 2.25. The van der Waals surface area contributed by atoms with Crippen molar-refractivity contribution in [2.75, 3.05) is 5.32 Å². The molecule has 0 bridgehead atoms. The van der Waals surface area contributed by atoms with Gasteiger partial charge in [0.15, 0.2) is 0 Å². The van der Waals surface area contributed by atoms with Gasteiger partial charge in [0.25, 0.3) is 0 Å². The zero-order valence-corrected chi connectivity index (χ0v) is 10.6. The van der Waals surface area contributed by atoms with Crippen LogP contribution in [-0.4, -0.2) is 6.04 Å². The van der Waals surface area contributed by atoms with Gasteiger partial charge < -0.3 is 5.32 Å². The van der Waals surface area contributed by atoms with Gasteiger partial charge >= 0.3 is 6.18 Å². The van der Waals surface area contributed by atoms with Crippen molar-refractivity contribution in [2.45, 2.75) is 39.4 Å². The highest BCUT2D eigenvalue weighted by Crippen LogP contribution is 2.33. The molecule has 5 heteroatoms. The summed E-state index contributed by atoms with van der Waals surface area (Å²) in [4.78, 5) is 0. The van der Waals surface area contributed by atoms with E-state index in [0.717, 1.165) is 18.6 Å². The molecule has 18 heavy (non-hydrogen) atoms. The molecule has 0 aliphatic carbocycles. The van der Waals surface area contributed by atoms with Crippen LogP contribution in [0.15, 0.2) is 18.2 Å². The Morgan fingerprint density at radius 2 is 1.83 bits per heavy atom. The fraction of sp³-hybridized carbons (Fsp3) is 0.538. The zero-order chi connectivity index (χ0) is 13.9. The second-order valence-corrected chi connectivity index (χ2v) is 4.60. The van der Waals surface area contributed by atoms with Crippen molar-refractivity contribution in [3.63, 3.8) is 0 Å². The lowest BCUT2D eigenvalue weighted by Gasteiger charge is -2.22. The molecule has 0 aliphatic heterocycles. The smallest absolute Gasteiger partial charge is 0.382 e. The van der Waals surface area contributed by atoms with Crippen LogP contribution in [0.2, 0.25) is 0 Å². The number of alkyl halides is 3. The monoisotopic (exact) mass is 263 g/mol. The van der Waals surface area contributed by atoms with Crippen LogP contribution in [0.1, 0.15) is 32.8 Å². The molecule has 0 saturated carbocycles. The number of rotatable bonds is 4. The highest BCUT2D eigenvalue weighted by Gasteiger charge is 2.34. The number of anilines is 1. The van der Waals surface area contributed by atoms with Crippen LogP contribution in [0.3, 0.4) is 0 Å². The van der Waals surface area contributed by atoms with Gasteiger partial charge in [-0.3, -0.25) is 0 Å². The molecule has 0 heterocycles. The van der Waals surface area contributed by atoms with Gasteiger partial charge in [-0.2, -0.15) is 13.2 Å². The second-order valence-electron chi connectivity index (χ2n) is 4.60. The molecule has 0 spiro atoms. The molecule has 1 N–H and O–H groups in total. The lowest BCUT2D eigenvalue weighted by Crippen LogP contribution is -2.24. The van der Waals surface area contributed by atoms with E-state index < -0.39 is 17.6 Å². The molecule has 0 amide bonds. The Morgan fingerprint density at radius 1 is 1.22 bits per heavy atom. The molecule has 0 radical (unpaired) electrons. The van der Waals surface area contributed by atoms with Crippen molar-refractivity contribution in [1.29, 1.82) is 0 Å². The standard InChI is InChI=1S/C13H17F4N/c1-4-12(8(2)3)18-9-5-6-11(14)10(7-9)13(15,16)17/h5-8,12,18H,4H2,1-3H3.